The molecular formula is C20H21FN2O4. The van der Waals surface area contributed by atoms with Crippen LogP contribution in [0.3, 0.4) is 0 Å². The van der Waals surface area contributed by atoms with Crippen molar-refractivity contribution in [3.05, 3.63) is 65.5 Å². The van der Waals surface area contributed by atoms with Crippen LogP contribution in [0.5, 0.6) is 0 Å². The van der Waals surface area contributed by atoms with E-state index in [9.17, 15) is 23.9 Å². The Hall–Kier alpha value is -3.22. The van der Waals surface area contributed by atoms with E-state index >= 15 is 0 Å². The lowest BCUT2D eigenvalue weighted by Gasteiger charge is -2.29. The summed E-state index contributed by atoms with van der Waals surface area (Å²) in [6.45, 7) is 2.84. The second kappa shape index (κ2) is 8.44. The lowest BCUT2D eigenvalue weighted by molar-refractivity contribution is -0.143. The molecule has 0 fully saturated rings. The Balaban J connectivity index is 2.24. The van der Waals surface area contributed by atoms with Crippen LogP contribution in [0.25, 0.3) is 0 Å². The van der Waals surface area contributed by atoms with Gasteiger partial charge in [0.2, 0.25) is 5.91 Å². The van der Waals surface area contributed by atoms with Gasteiger partial charge in [0.15, 0.2) is 0 Å². The molecule has 7 heteroatoms. The number of hydrogen-bond donors (Lipinski definition) is 3. The lowest BCUT2D eigenvalue weighted by atomic mass is 9.78. The van der Waals surface area contributed by atoms with Gasteiger partial charge < -0.3 is 15.7 Å². The number of carbonyl (C=O) groups is 3. The van der Waals surface area contributed by atoms with Crippen LogP contribution in [0.2, 0.25) is 0 Å². The van der Waals surface area contributed by atoms with Crippen molar-refractivity contribution in [2.75, 3.05) is 11.9 Å². The Kier molecular flexibility index (Phi) is 6.28. The van der Waals surface area contributed by atoms with Crippen molar-refractivity contribution >= 4 is 23.5 Å². The summed E-state index contributed by atoms with van der Waals surface area (Å²) in [4.78, 5) is 35.6. The van der Waals surface area contributed by atoms with Crippen LogP contribution < -0.4 is 10.6 Å². The molecule has 6 nitrogen and oxygen atoms in total. The Morgan fingerprint density at radius 1 is 1.11 bits per heavy atom. The molecule has 2 aromatic carbocycles. The molecule has 0 bridgehead atoms. The number of amides is 2. The third kappa shape index (κ3) is 4.49. The minimum Gasteiger partial charge on any atom is -0.481 e. The first-order valence-corrected chi connectivity index (χ1v) is 8.44. The molecule has 2 amide bonds. The quantitative estimate of drug-likeness (QED) is 0.696. The molecule has 0 spiro atoms. The molecule has 27 heavy (non-hydrogen) atoms. The molecule has 2 aromatic rings. The zero-order chi connectivity index (χ0) is 20.0. The van der Waals surface area contributed by atoms with Gasteiger partial charge in [-0.25, -0.2) is 4.39 Å². The number of anilines is 1. The monoisotopic (exact) mass is 372 g/mol. The maximum Gasteiger partial charge on any atom is 0.315 e. The molecule has 1 atom stereocenters. The first-order chi connectivity index (χ1) is 12.8. The average Bonchev–Trinajstić information content (AvgIpc) is 2.64. The fourth-order valence-electron chi connectivity index (χ4n) is 2.82. The molecule has 0 saturated carbocycles. The van der Waals surface area contributed by atoms with Crippen molar-refractivity contribution in [1.29, 1.82) is 0 Å². The molecule has 142 valence electrons. The smallest absolute Gasteiger partial charge is 0.315 e. The van der Waals surface area contributed by atoms with E-state index in [1.54, 1.807) is 37.3 Å². The summed E-state index contributed by atoms with van der Waals surface area (Å²) < 4.78 is 13.7. The van der Waals surface area contributed by atoms with E-state index in [1.165, 1.54) is 19.1 Å². The highest BCUT2D eigenvalue weighted by atomic mass is 19.1. The van der Waals surface area contributed by atoms with Crippen LogP contribution in [-0.2, 0) is 15.0 Å². The van der Waals surface area contributed by atoms with Crippen LogP contribution in [0.15, 0.2) is 48.5 Å². The minimum atomic E-state index is -1.28. The predicted molar refractivity (Wildman–Crippen MR) is 99.1 cm³/mol. The zero-order valence-electron chi connectivity index (χ0n) is 15.1. The Bertz CT molecular complexity index is 854. The van der Waals surface area contributed by atoms with Crippen LogP contribution in [-0.4, -0.2) is 29.4 Å². The lowest BCUT2D eigenvalue weighted by Crippen LogP contribution is -2.46. The summed E-state index contributed by atoms with van der Waals surface area (Å²) >= 11 is 0. The summed E-state index contributed by atoms with van der Waals surface area (Å²) in [5, 5.41) is 14.7. The predicted octanol–water partition coefficient (Wildman–Crippen LogP) is 2.95. The summed E-state index contributed by atoms with van der Waals surface area (Å²) in [7, 11) is 0. The number of rotatable bonds is 7. The van der Waals surface area contributed by atoms with Crippen LogP contribution in [0.1, 0.15) is 36.2 Å². The average molecular weight is 372 g/mol. The van der Waals surface area contributed by atoms with Gasteiger partial charge in [0.25, 0.3) is 5.91 Å². The van der Waals surface area contributed by atoms with Crippen molar-refractivity contribution in [2.24, 2.45) is 0 Å². The van der Waals surface area contributed by atoms with Crippen molar-refractivity contribution in [1.82, 2.24) is 5.32 Å². The van der Waals surface area contributed by atoms with E-state index in [2.05, 4.69) is 10.6 Å². The zero-order valence-corrected chi connectivity index (χ0v) is 15.1. The van der Waals surface area contributed by atoms with Crippen LogP contribution in [0, 0.1) is 5.82 Å². The van der Waals surface area contributed by atoms with Crippen LogP contribution >= 0.6 is 0 Å². The highest BCUT2D eigenvalue weighted by Crippen LogP contribution is 2.28. The first-order valence-electron chi connectivity index (χ1n) is 8.44. The highest BCUT2D eigenvalue weighted by molar-refractivity contribution is 5.97. The maximum absolute atomic E-state index is 13.7. The fraction of sp³-hybridized carbons (Fsp3) is 0.250. The maximum atomic E-state index is 13.7. The van der Waals surface area contributed by atoms with E-state index in [4.69, 9.17) is 0 Å². The molecule has 3 N–H and O–H groups in total. The number of benzene rings is 2. The molecule has 0 aromatic heterocycles. The fourth-order valence-corrected chi connectivity index (χ4v) is 2.82. The van der Waals surface area contributed by atoms with E-state index < -0.39 is 29.0 Å². The number of hydrogen-bond acceptors (Lipinski definition) is 3. The van der Waals surface area contributed by atoms with E-state index in [-0.39, 0.29) is 24.2 Å². The molecule has 0 aliphatic carbocycles. The molecular weight excluding hydrogens is 351 g/mol. The summed E-state index contributed by atoms with van der Waals surface area (Å²) in [5.74, 6) is -2.74. The Labute approximate surface area is 156 Å². The largest absolute Gasteiger partial charge is 0.481 e. The van der Waals surface area contributed by atoms with Gasteiger partial charge in [-0.3, -0.25) is 14.4 Å². The van der Waals surface area contributed by atoms with Gasteiger partial charge in [0.1, 0.15) is 11.2 Å². The third-order valence-corrected chi connectivity index (χ3v) is 4.43. The van der Waals surface area contributed by atoms with Gasteiger partial charge >= 0.3 is 5.97 Å². The molecule has 0 aliphatic heterocycles. The molecule has 0 aliphatic rings. The van der Waals surface area contributed by atoms with E-state index in [1.807, 2.05) is 0 Å². The van der Waals surface area contributed by atoms with Gasteiger partial charge in [-0.1, -0.05) is 37.3 Å². The van der Waals surface area contributed by atoms with Crippen molar-refractivity contribution in [3.8, 4) is 0 Å². The Morgan fingerprint density at radius 3 is 2.33 bits per heavy atom. The van der Waals surface area contributed by atoms with Crippen molar-refractivity contribution in [2.45, 2.75) is 25.7 Å². The van der Waals surface area contributed by atoms with Crippen LogP contribution in [0.4, 0.5) is 10.1 Å². The normalized spacial score (nSPS) is 12.7. The van der Waals surface area contributed by atoms with Crippen molar-refractivity contribution in [3.63, 3.8) is 0 Å². The molecule has 0 radical (unpaired) electrons. The summed E-state index contributed by atoms with van der Waals surface area (Å²) in [6, 6.07) is 12.2. The molecule has 0 heterocycles. The molecule has 0 saturated heterocycles. The van der Waals surface area contributed by atoms with E-state index in [0.29, 0.717) is 5.56 Å². The molecule has 2 rings (SSSR count). The van der Waals surface area contributed by atoms with Gasteiger partial charge in [-0.05, 0) is 30.2 Å². The molecule has 1 unspecified atom stereocenters. The highest BCUT2D eigenvalue weighted by Gasteiger charge is 2.39. The second-order valence-electron chi connectivity index (χ2n) is 6.17. The van der Waals surface area contributed by atoms with E-state index in [0.717, 1.165) is 6.07 Å². The van der Waals surface area contributed by atoms with Gasteiger partial charge in [0.05, 0.1) is 5.69 Å². The van der Waals surface area contributed by atoms with Gasteiger partial charge in [-0.2, -0.15) is 0 Å². The second-order valence-corrected chi connectivity index (χ2v) is 6.17. The number of carbonyl (C=O) groups excluding carboxylic acids is 2. The summed E-state index contributed by atoms with van der Waals surface area (Å²) in [6.07, 6.45) is 0.271. The summed E-state index contributed by atoms with van der Waals surface area (Å²) in [5.41, 5.74) is -0.697. The number of nitrogens with one attached hydrogen (secondary N) is 2. The number of aliphatic carboxylic acids is 1. The third-order valence-electron chi connectivity index (χ3n) is 4.43. The topological polar surface area (TPSA) is 95.5 Å². The minimum absolute atomic E-state index is 0.113. The number of halogens is 1. The first kappa shape index (κ1) is 20.1. The van der Waals surface area contributed by atoms with Gasteiger partial charge in [0, 0.05) is 19.0 Å². The van der Waals surface area contributed by atoms with Gasteiger partial charge in [-0.15, -0.1) is 0 Å². The van der Waals surface area contributed by atoms with Crippen molar-refractivity contribution < 1.29 is 23.9 Å². The number of carboxylic acid groups (broad SMARTS) is 1. The number of carboxylic acids is 1. The standard InChI is InChI=1S/C20H21FN2O4/c1-3-20(19(26)27,15-7-5-4-6-8-15)12-22-18(25)14-9-10-16(21)17(11-14)23-13(2)24/h4-11H,3,12H2,1-2H3,(H,22,25)(H,23,24)(H,26,27). The Morgan fingerprint density at radius 2 is 1.78 bits per heavy atom. The SMILES string of the molecule is CCC(CNC(=O)c1ccc(F)c(NC(C)=O)c1)(C(=O)O)c1ccccc1.